The Morgan fingerprint density at radius 3 is 2.78 bits per heavy atom. The quantitative estimate of drug-likeness (QED) is 0.871. The van der Waals surface area contributed by atoms with Crippen LogP contribution in [-0.4, -0.2) is 50.0 Å². The Hall–Kier alpha value is -0.420. The highest BCUT2D eigenvalue weighted by molar-refractivity contribution is 9.10. The summed E-state index contributed by atoms with van der Waals surface area (Å²) in [5.74, 6) is 0. The lowest BCUT2D eigenvalue weighted by Gasteiger charge is -2.42. The molecule has 1 aliphatic heterocycles. The third kappa shape index (κ3) is 3.54. The van der Waals surface area contributed by atoms with Crippen LogP contribution in [0.15, 0.2) is 28.7 Å². The van der Waals surface area contributed by atoms with Crippen molar-refractivity contribution in [2.24, 2.45) is 5.41 Å². The lowest BCUT2D eigenvalue weighted by Crippen LogP contribution is -2.52. The van der Waals surface area contributed by atoms with Crippen molar-refractivity contribution < 1.29 is 9.84 Å². The molecule has 1 fully saturated rings. The number of halogens is 1. The summed E-state index contributed by atoms with van der Waals surface area (Å²) in [6.07, 6.45) is 1.03. The molecule has 0 atom stereocenters. The van der Waals surface area contributed by atoms with Crippen LogP contribution in [-0.2, 0) is 11.2 Å². The largest absolute Gasteiger partial charge is 0.396 e. The second-order valence-corrected chi connectivity index (χ2v) is 6.18. The van der Waals surface area contributed by atoms with E-state index in [4.69, 9.17) is 4.74 Å². The van der Waals surface area contributed by atoms with Crippen LogP contribution in [0.4, 0.5) is 0 Å². The molecule has 1 saturated heterocycles. The second-order valence-electron chi connectivity index (χ2n) is 5.27. The molecular formula is C14H20BrNO2. The van der Waals surface area contributed by atoms with E-state index in [9.17, 15) is 5.11 Å². The number of aliphatic hydroxyl groups is 1. The van der Waals surface area contributed by atoms with Crippen LogP contribution in [0.25, 0.3) is 0 Å². The number of hydrogen-bond donors (Lipinski definition) is 1. The van der Waals surface area contributed by atoms with Gasteiger partial charge in [0.2, 0.25) is 0 Å². The molecule has 4 heteroatoms. The van der Waals surface area contributed by atoms with E-state index in [0.717, 1.165) is 24.0 Å². The molecule has 1 aromatic rings. The fourth-order valence-corrected chi connectivity index (χ4v) is 2.73. The van der Waals surface area contributed by atoms with Gasteiger partial charge in [-0.25, -0.2) is 0 Å². The third-order valence-corrected chi connectivity index (χ3v) is 3.92. The standard InChI is InChI=1S/C14H20BrNO2/c1-16(8-14(9-17)10-18-11-14)6-5-12-3-2-4-13(15)7-12/h2-4,7,17H,5-6,8-11H2,1H3. The molecule has 3 nitrogen and oxygen atoms in total. The molecule has 1 N–H and O–H groups in total. The lowest BCUT2D eigenvalue weighted by molar-refractivity contribution is -0.146. The summed E-state index contributed by atoms with van der Waals surface area (Å²) in [5, 5.41) is 9.39. The van der Waals surface area contributed by atoms with E-state index in [2.05, 4.69) is 46.1 Å². The van der Waals surface area contributed by atoms with E-state index < -0.39 is 0 Å². The van der Waals surface area contributed by atoms with Gasteiger partial charge in [0.05, 0.1) is 25.2 Å². The zero-order chi connectivity index (χ0) is 13.0. The molecule has 0 aliphatic carbocycles. The highest BCUT2D eigenvalue weighted by atomic mass is 79.9. The first-order chi connectivity index (χ1) is 8.63. The summed E-state index contributed by atoms with van der Waals surface area (Å²) < 4.78 is 6.34. The molecule has 0 spiro atoms. The van der Waals surface area contributed by atoms with Crippen molar-refractivity contribution >= 4 is 15.9 Å². The zero-order valence-corrected chi connectivity index (χ0v) is 12.3. The van der Waals surface area contributed by atoms with E-state index in [-0.39, 0.29) is 12.0 Å². The fraction of sp³-hybridized carbons (Fsp3) is 0.571. The number of rotatable bonds is 6. The Bertz CT molecular complexity index is 388. The molecule has 0 bridgehead atoms. The molecule has 18 heavy (non-hydrogen) atoms. The van der Waals surface area contributed by atoms with Gasteiger partial charge in [0, 0.05) is 17.6 Å². The van der Waals surface area contributed by atoms with Crippen molar-refractivity contribution in [3.8, 4) is 0 Å². The van der Waals surface area contributed by atoms with Gasteiger partial charge in [-0.15, -0.1) is 0 Å². The molecule has 0 aromatic heterocycles. The van der Waals surface area contributed by atoms with Gasteiger partial charge in [-0.2, -0.15) is 0 Å². The normalized spacial score (nSPS) is 17.8. The number of likely N-dealkylation sites (N-methyl/N-ethyl adjacent to an activating group) is 1. The molecule has 1 aliphatic rings. The van der Waals surface area contributed by atoms with Crippen molar-refractivity contribution in [3.05, 3.63) is 34.3 Å². The minimum Gasteiger partial charge on any atom is -0.396 e. The van der Waals surface area contributed by atoms with Crippen molar-refractivity contribution in [1.82, 2.24) is 4.90 Å². The average molecular weight is 314 g/mol. The average Bonchev–Trinajstić information content (AvgIpc) is 2.31. The summed E-state index contributed by atoms with van der Waals surface area (Å²) >= 11 is 3.49. The maximum absolute atomic E-state index is 9.39. The molecule has 0 radical (unpaired) electrons. The first-order valence-corrected chi connectivity index (χ1v) is 7.04. The minimum atomic E-state index is -0.0218. The second kappa shape index (κ2) is 6.15. The van der Waals surface area contributed by atoms with Crippen LogP contribution < -0.4 is 0 Å². The topological polar surface area (TPSA) is 32.7 Å². The number of ether oxygens (including phenoxy) is 1. The smallest absolute Gasteiger partial charge is 0.0579 e. The van der Waals surface area contributed by atoms with Crippen LogP contribution in [0, 0.1) is 5.41 Å². The first kappa shape index (κ1) is 14.0. The molecule has 2 rings (SSSR count). The Labute approximate surface area is 117 Å². The number of nitrogens with zero attached hydrogens (tertiary/aromatic N) is 1. The predicted molar refractivity (Wildman–Crippen MR) is 75.7 cm³/mol. The van der Waals surface area contributed by atoms with E-state index in [1.165, 1.54) is 5.56 Å². The monoisotopic (exact) mass is 313 g/mol. The van der Waals surface area contributed by atoms with E-state index in [1.54, 1.807) is 0 Å². The molecule has 0 amide bonds. The molecule has 0 saturated carbocycles. The van der Waals surface area contributed by atoms with Crippen molar-refractivity contribution in [3.63, 3.8) is 0 Å². The zero-order valence-electron chi connectivity index (χ0n) is 10.7. The molecular weight excluding hydrogens is 294 g/mol. The predicted octanol–water partition coefficient (Wildman–Crippen LogP) is 1.93. The van der Waals surface area contributed by atoms with Gasteiger partial charge >= 0.3 is 0 Å². The first-order valence-electron chi connectivity index (χ1n) is 6.25. The van der Waals surface area contributed by atoms with Gasteiger partial charge < -0.3 is 14.7 Å². The molecule has 0 unspecified atom stereocenters. The van der Waals surface area contributed by atoms with Crippen molar-refractivity contribution in [1.29, 1.82) is 0 Å². The van der Waals surface area contributed by atoms with E-state index >= 15 is 0 Å². The highest BCUT2D eigenvalue weighted by Crippen LogP contribution is 2.27. The fourth-order valence-electron chi connectivity index (χ4n) is 2.29. The van der Waals surface area contributed by atoms with Gasteiger partial charge in [0.1, 0.15) is 0 Å². The lowest BCUT2D eigenvalue weighted by atomic mass is 9.86. The van der Waals surface area contributed by atoms with Crippen LogP contribution in [0.1, 0.15) is 5.56 Å². The number of hydrogen-bond acceptors (Lipinski definition) is 3. The number of benzene rings is 1. The van der Waals surface area contributed by atoms with Gasteiger partial charge in [-0.05, 0) is 31.2 Å². The number of aliphatic hydroxyl groups excluding tert-OH is 1. The van der Waals surface area contributed by atoms with E-state index in [0.29, 0.717) is 13.2 Å². The maximum atomic E-state index is 9.39. The van der Waals surface area contributed by atoms with Crippen LogP contribution in [0.5, 0.6) is 0 Å². The van der Waals surface area contributed by atoms with Gasteiger partial charge in [0.15, 0.2) is 0 Å². The minimum absolute atomic E-state index is 0.0218. The highest BCUT2D eigenvalue weighted by Gasteiger charge is 2.38. The van der Waals surface area contributed by atoms with Crippen molar-refractivity contribution in [2.45, 2.75) is 6.42 Å². The van der Waals surface area contributed by atoms with Crippen LogP contribution in [0.3, 0.4) is 0 Å². The van der Waals surface area contributed by atoms with Crippen LogP contribution >= 0.6 is 15.9 Å². The van der Waals surface area contributed by atoms with E-state index in [1.807, 2.05) is 6.07 Å². The molecule has 100 valence electrons. The van der Waals surface area contributed by atoms with Crippen molar-refractivity contribution in [2.75, 3.05) is 40.0 Å². The summed E-state index contributed by atoms with van der Waals surface area (Å²) in [7, 11) is 2.10. The Balaban J connectivity index is 1.79. The Morgan fingerprint density at radius 1 is 1.44 bits per heavy atom. The third-order valence-electron chi connectivity index (χ3n) is 3.43. The summed E-state index contributed by atoms with van der Waals surface area (Å²) in [4.78, 5) is 2.28. The van der Waals surface area contributed by atoms with Crippen LogP contribution in [0.2, 0.25) is 0 Å². The van der Waals surface area contributed by atoms with Gasteiger partial charge in [0.25, 0.3) is 0 Å². The maximum Gasteiger partial charge on any atom is 0.0579 e. The summed E-state index contributed by atoms with van der Waals surface area (Å²) in [5.41, 5.74) is 1.31. The molecule has 1 heterocycles. The SMILES string of the molecule is CN(CCc1cccc(Br)c1)CC1(CO)COC1. The Morgan fingerprint density at radius 2 is 2.22 bits per heavy atom. The summed E-state index contributed by atoms with van der Waals surface area (Å²) in [6.45, 7) is 3.49. The van der Waals surface area contributed by atoms with Gasteiger partial charge in [-0.3, -0.25) is 0 Å². The summed E-state index contributed by atoms with van der Waals surface area (Å²) in [6, 6.07) is 8.41. The van der Waals surface area contributed by atoms with Gasteiger partial charge in [-0.1, -0.05) is 28.1 Å². The Kier molecular flexibility index (Phi) is 4.78. The molecule has 1 aromatic carbocycles.